The number of hydrogen-bond donors (Lipinski definition) is 1. The Balaban J connectivity index is 1.82. The molecule has 2 nitrogen and oxygen atoms in total. The van der Waals surface area contributed by atoms with Gasteiger partial charge in [-0.25, -0.2) is 0 Å². The highest BCUT2D eigenvalue weighted by Crippen LogP contribution is 2.17. The number of nitrogens with zero attached hydrogens (tertiary/aromatic N) is 1. The lowest BCUT2D eigenvalue weighted by atomic mass is 10.1. The van der Waals surface area contributed by atoms with Gasteiger partial charge in [0.15, 0.2) is 0 Å². The van der Waals surface area contributed by atoms with E-state index in [1.165, 1.54) is 38.0 Å². The molecule has 1 aromatic carbocycles. The van der Waals surface area contributed by atoms with Crippen LogP contribution in [0.3, 0.4) is 0 Å². The maximum atomic E-state index is 3.69. The molecule has 1 N–H and O–H groups in total. The maximum Gasteiger partial charge on any atom is 0.0294 e. The first-order valence-electron chi connectivity index (χ1n) is 6.89. The molecule has 0 bridgehead atoms. The third kappa shape index (κ3) is 4.08. The molecular weight excluding hydrogens is 288 g/mol. The van der Waals surface area contributed by atoms with E-state index in [0.717, 1.165) is 4.47 Å². The van der Waals surface area contributed by atoms with Crippen molar-refractivity contribution in [2.24, 2.45) is 0 Å². The van der Waals surface area contributed by atoms with Crippen molar-refractivity contribution in [2.45, 2.75) is 38.8 Å². The SMILES string of the molecule is CC(CN1CCCC1)NC(C)c1ccc(Br)cc1. The van der Waals surface area contributed by atoms with E-state index in [2.05, 4.69) is 64.3 Å². The van der Waals surface area contributed by atoms with Crippen molar-refractivity contribution in [3.8, 4) is 0 Å². The van der Waals surface area contributed by atoms with Gasteiger partial charge < -0.3 is 10.2 Å². The molecule has 0 spiro atoms. The van der Waals surface area contributed by atoms with Crippen LogP contribution >= 0.6 is 15.9 Å². The summed E-state index contributed by atoms with van der Waals surface area (Å²) < 4.78 is 1.14. The van der Waals surface area contributed by atoms with E-state index in [1.807, 2.05) is 0 Å². The summed E-state index contributed by atoms with van der Waals surface area (Å²) in [6.45, 7) is 8.25. The molecule has 1 heterocycles. The van der Waals surface area contributed by atoms with Gasteiger partial charge in [-0.2, -0.15) is 0 Å². The van der Waals surface area contributed by atoms with Crippen molar-refractivity contribution in [1.29, 1.82) is 0 Å². The molecular formula is C15H23BrN2. The molecule has 0 amide bonds. The van der Waals surface area contributed by atoms with E-state index in [0.29, 0.717) is 12.1 Å². The molecule has 2 unspecified atom stereocenters. The van der Waals surface area contributed by atoms with Crippen molar-refractivity contribution in [3.63, 3.8) is 0 Å². The maximum absolute atomic E-state index is 3.69. The second-order valence-electron chi connectivity index (χ2n) is 5.35. The highest BCUT2D eigenvalue weighted by Gasteiger charge is 2.16. The predicted molar refractivity (Wildman–Crippen MR) is 80.8 cm³/mol. The molecule has 1 aromatic rings. The lowest BCUT2D eigenvalue weighted by Gasteiger charge is -2.25. The number of benzene rings is 1. The molecule has 1 fully saturated rings. The lowest BCUT2D eigenvalue weighted by molar-refractivity contribution is 0.289. The fourth-order valence-electron chi connectivity index (χ4n) is 2.68. The van der Waals surface area contributed by atoms with Gasteiger partial charge in [0.1, 0.15) is 0 Å². The molecule has 0 saturated carbocycles. The van der Waals surface area contributed by atoms with Gasteiger partial charge >= 0.3 is 0 Å². The first-order valence-corrected chi connectivity index (χ1v) is 7.68. The van der Waals surface area contributed by atoms with Gasteiger partial charge in [-0.15, -0.1) is 0 Å². The summed E-state index contributed by atoms with van der Waals surface area (Å²) in [5.41, 5.74) is 1.35. The van der Waals surface area contributed by atoms with Crippen molar-refractivity contribution >= 4 is 15.9 Å². The van der Waals surface area contributed by atoms with E-state index in [9.17, 15) is 0 Å². The quantitative estimate of drug-likeness (QED) is 0.894. The van der Waals surface area contributed by atoms with E-state index in [4.69, 9.17) is 0 Å². The van der Waals surface area contributed by atoms with Crippen LogP contribution < -0.4 is 5.32 Å². The Morgan fingerprint density at radius 1 is 1.17 bits per heavy atom. The van der Waals surface area contributed by atoms with Crippen LogP contribution in [-0.2, 0) is 0 Å². The van der Waals surface area contributed by atoms with Crippen LogP contribution in [0.5, 0.6) is 0 Å². The van der Waals surface area contributed by atoms with Crippen LogP contribution in [0.2, 0.25) is 0 Å². The predicted octanol–water partition coefficient (Wildman–Crippen LogP) is 3.58. The first kappa shape index (κ1) is 14.0. The zero-order chi connectivity index (χ0) is 13.0. The van der Waals surface area contributed by atoms with Crippen LogP contribution in [0.1, 0.15) is 38.3 Å². The Kier molecular flexibility index (Phi) is 5.22. The topological polar surface area (TPSA) is 15.3 Å². The Labute approximate surface area is 119 Å². The Morgan fingerprint density at radius 3 is 2.39 bits per heavy atom. The standard InChI is InChI=1S/C15H23BrN2/c1-12(11-18-9-3-4-10-18)17-13(2)14-5-7-15(16)8-6-14/h5-8,12-13,17H,3-4,9-11H2,1-2H3. The van der Waals surface area contributed by atoms with E-state index < -0.39 is 0 Å². The number of rotatable bonds is 5. The molecule has 1 aliphatic heterocycles. The second-order valence-corrected chi connectivity index (χ2v) is 6.26. The van der Waals surface area contributed by atoms with Crippen molar-refractivity contribution < 1.29 is 0 Å². The third-order valence-electron chi connectivity index (χ3n) is 3.64. The van der Waals surface area contributed by atoms with Crippen LogP contribution in [0, 0.1) is 0 Å². The Hall–Kier alpha value is -0.380. The van der Waals surface area contributed by atoms with Gasteiger partial charge in [0.05, 0.1) is 0 Å². The summed E-state index contributed by atoms with van der Waals surface area (Å²) in [5.74, 6) is 0. The number of nitrogens with one attached hydrogen (secondary N) is 1. The summed E-state index contributed by atoms with van der Waals surface area (Å²) in [5, 5.41) is 3.69. The molecule has 3 heteroatoms. The second kappa shape index (κ2) is 6.69. The average Bonchev–Trinajstić information content (AvgIpc) is 2.82. The summed E-state index contributed by atoms with van der Waals surface area (Å²) >= 11 is 3.48. The molecule has 2 rings (SSSR count). The van der Waals surface area contributed by atoms with Crippen molar-refractivity contribution in [3.05, 3.63) is 34.3 Å². The summed E-state index contributed by atoms with van der Waals surface area (Å²) in [6, 6.07) is 9.55. The molecule has 100 valence electrons. The van der Waals surface area contributed by atoms with Gasteiger partial charge in [-0.05, 0) is 57.5 Å². The average molecular weight is 311 g/mol. The molecule has 0 aliphatic carbocycles. The summed E-state index contributed by atoms with van der Waals surface area (Å²) in [4.78, 5) is 2.56. The van der Waals surface area contributed by atoms with Gasteiger partial charge in [0.25, 0.3) is 0 Å². The minimum atomic E-state index is 0.413. The molecule has 0 aromatic heterocycles. The molecule has 0 radical (unpaired) electrons. The fraction of sp³-hybridized carbons (Fsp3) is 0.600. The smallest absolute Gasteiger partial charge is 0.0294 e. The monoisotopic (exact) mass is 310 g/mol. The first-order chi connectivity index (χ1) is 8.65. The van der Waals surface area contributed by atoms with Crippen LogP contribution in [0.4, 0.5) is 0 Å². The molecule has 1 aliphatic rings. The Bertz CT molecular complexity index is 357. The van der Waals surface area contributed by atoms with Crippen molar-refractivity contribution in [2.75, 3.05) is 19.6 Å². The zero-order valence-corrected chi connectivity index (χ0v) is 12.9. The molecule has 1 saturated heterocycles. The van der Waals surface area contributed by atoms with Crippen molar-refractivity contribution in [1.82, 2.24) is 10.2 Å². The number of halogens is 1. The van der Waals surface area contributed by atoms with Crippen LogP contribution in [-0.4, -0.2) is 30.6 Å². The minimum absolute atomic E-state index is 0.413. The molecule has 18 heavy (non-hydrogen) atoms. The summed E-state index contributed by atoms with van der Waals surface area (Å²) in [6.07, 6.45) is 2.74. The lowest BCUT2D eigenvalue weighted by Crippen LogP contribution is -2.39. The van der Waals surface area contributed by atoms with Gasteiger partial charge in [0, 0.05) is 23.1 Å². The minimum Gasteiger partial charge on any atom is -0.306 e. The van der Waals surface area contributed by atoms with Crippen LogP contribution in [0.15, 0.2) is 28.7 Å². The zero-order valence-electron chi connectivity index (χ0n) is 11.3. The van der Waals surface area contributed by atoms with Gasteiger partial charge in [0.2, 0.25) is 0 Å². The largest absolute Gasteiger partial charge is 0.306 e. The van der Waals surface area contributed by atoms with Gasteiger partial charge in [-0.1, -0.05) is 28.1 Å². The third-order valence-corrected chi connectivity index (χ3v) is 4.16. The normalized spacial score (nSPS) is 19.9. The fourth-order valence-corrected chi connectivity index (χ4v) is 2.94. The number of likely N-dealkylation sites (tertiary alicyclic amines) is 1. The highest BCUT2D eigenvalue weighted by atomic mass is 79.9. The molecule has 2 atom stereocenters. The number of hydrogen-bond acceptors (Lipinski definition) is 2. The Morgan fingerprint density at radius 2 is 1.78 bits per heavy atom. The van der Waals surface area contributed by atoms with Crippen LogP contribution in [0.25, 0.3) is 0 Å². The van der Waals surface area contributed by atoms with E-state index in [1.54, 1.807) is 0 Å². The van der Waals surface area contributed by atoms with E-state index >= 15 is 0 Å². The van der Waals surface area contributed by atoms with Gasteiger partial charge in [-0.3, -0.25) is 0 Å². The summed E-state index contributed by atoms with van der Waals surface area (Å²) in [7, 11) is 0. The van der Waals surface area contributed by atoms with E-state index in [-0.39, 0.29) is 0 Å². The highest BCUT2D eigenvalue weighted by molar-refractivity contribution is 9.10.